The normalized spacial score (nSPS) is 13.4. The molecular formula is C54H57N3O. The van der Waals surface area contributed by atoms with Crippen LogP contribution < -0.4 is 0 Å². The number of hydrogen-bond acceptors (Lipinski definition) is 2. The maximum Gasteiger partial charge on any atom is 0.162 e. The minimum Gasteiger partial charge on any atom is -0.454 e. The van der Waals surface area contributed by atoms with Crippen molar-refractivity contribution in [1.29, 1.82) is 5.26 Å². The van der Waals surface area contributed by atoms with Crippen molar-refractivity contribution in [3.8, 4) is 17.4 Å². The molecule has 0 aliphatic carbocycles. The van der Waals surface area contributed by atoms with E-state index in [1.165, 1.54) is 27.5 Å². The lowest BCUT2D eigenvalue weighted by atomic mass is 9.84. The Kier molecular flexibility index (Phi) is 8.83. The van der Waals surface area contributed by atoms with Crippen molar-refractivity contribution < 1.29 is 4.42 Å². The van der Waals surface area contributed by atoms with Gasteiger partial charge in [0.1, 0.15) is 17.3 Å². The van der Waals surface area contributed by atoms with Crippen molar-refractivity contribution in [3.63, 3.8) is 0 Å². The van der Waals surface area contributed by atoms with Gasteiger partial charge in [0.25, 0.3) is 0 Å². The van der Waals surface area contributed by atoms with Gasteiger partial charge in [-0.1, -0.05) is 132 Å². The molecule has 0 aliphatic heterocycles. The van der Waals surface area contributed by atoms with E-state index in [1.54, 1.807) is 0 Å². The van der Waals surface area contributed by atoms with Gasteiger partial charge in [-0.05, 0) is 105 Å². The van der Waals surface area contributed by atoms with Gasteiger partial charge in [-0.25, -0.2) is 0 Å². The molecule has 0 N–H and O–H groups in total. The number of allylic oxidation sites excluding steroid dienone is 2. The molecule has 0 fully saturated rings. The molecule has 0 bridgehead atoms. The van der Waals surface area contributed by atoms with Gasteiger partial charge < -0.3 is 13.6 Å². The Morgan fingerprint density at radius 3 is 1.62 bits per heavy atom. The third kappa shape index (κ3) is 6.18. The lowest BCUT2D eigenvalue weighted by Gasteiger charge is -2.21. The predicted molar refractivity (Wildman–Crippen MR) is 248 cm³/mol. The molecule has 4 nitrogen and oxygen atoms in total. The molecule has 3 heterocycles. The van der Waals surface area contributed by atoms with E-state index in [9.17, 15) is 5.26 Å². The molecule has 58 heavy (non-hydrogen) atoms. The Bertz CT molecular complexity index is 2990. The molecule has 0 unspecified atom stereocenters. The fourth-order valence-electron chi connectivity index (χ4n) is 8.68. The van der Waals surface area contributed by atoms with Gasteiger partial charge in [-0.2, -0.15) is 5.26 Å². The van der Waals surface area contributed by atoms with Gasteiger partial charge in [-0.3, -0.25) is 0 Å². The molecule has 0 aliphatic rings. The topological polar surface area (TPSA) is 46.8 Å². The van der Waals surface area contributed by atoms with E-state index < -0.39 is 0 Å². The van der Waals surface area contributed by atoms with E-state index in [-0.39, 0.29) is 21.7 Å². The highest BCUT2D eigenvalue weighted by Gasteiger charge is 2.29. The average molecular weight is 764 g/mol. The van der Waals surface area contributed by atoms with Crippen LogP contribution in [0.1, 0.15) is 117 Å². The molecular weight excluding hydrogens is 707 g/mol. The number of hydrogen-bond donors (Lipinski definition) is 0. The van der Waals surface area contributed by atoms with Gasteiger partial charge in [0.15, 0.2) is 5.58 Å². The summed E-state index contributed by atoms with van der Waals surface area (Å²) in [6.07, 6.45) is 4.27. The molecule has 3 aromatic heterocycles. The Morgan fingerprint density at radius 1 is 0.638 bits per heavy atom. The smallest absolute Gasteiger partial charge is 0.162 e. The molecule has 8 aromatic rings. The number of para-hydroxylation sites is 1. The van der Waals surface area contributed by atoms with Crippen LogP contribution in [-0.2, 0) is 16.2 Å². The highest BCUT2D eigenvalue weighted by molar-refractivity contribution is 6.17. The first-order valence-corrected chi connectivity index (χ1v) is 20.6. The highest BCUT2D eigenvalue weighted by atomic mass is 16.3. The SMILES string of the molecule is C=C/C(=C\c1c(C)n(-c2c(C#N)cc(-n3c4ccc(C(C)(C)C)cc4c4cc(C(C)(C)C)ccc43)c3c2oc2ccccc23)c2ccc(C(C)(C)C)cc12)C(C)(C)C. The lowest BCUT2D eigenvalue weighted by Crippen LogP contribution is -2.10. The standard InChI is InChI=1S/C54H57N3O/c1-15-34(51(3,4)5)27-39-32(2)56(43-23-20-35(28-40(39)43)52(6,7)8)49-33(31-55)26-46(48-38-18-16-17-19-47(38)58-50(48)49)57-44-24-21-36(53(9,10)11)29-41(44)42-30-37(54(12,13)14)22-25-45(42)57/h15-30H,1H2,2-14H3/b34-27+. The Balaban J connectivity index is 1.54. The Labute approximate surface area is 344 Å². The summed E-state index contributed by atoms with van der Waals surface area (Å²) >= 11 is 0. The molecule has 0 amide bonds. The summed E-state index contributed by atoms with van der Waals surface area (Å²) in [4.78, 5) is 0. The molecule has 5 aromatic carbocycles. The van der Waals surface area contributed by atoms with Gasteiger partial charge in [-0.15, -0.1) is 0 Å². The van der Waals surface area contributed by atoms with Crippen LogP contribution in [0.2, 0.25) is 0 Å². The number of furan rings is 1. The number of nitrogens with zero attached hydrogens (tertiary/aromatic N) is 3. The van der Waals surface area contributed by atoms with E-state index >= 15 is 0 Å². The van der Waals surface area contributed by atoms with Gasteiger partial charge in [0.2, 0.25) is 0 Å². The molecule has 0 saturated carbocycles. The number of aromatic nitrogens is 2. The summed E-state index contributed by atoms with van der Waals surface area (Å²) in [5.41, 5.74) is 13.9. The second-order valence-corrected chi connectivity index (χ2v) is 20.4. The van der Waals surface area contributed by atoms with Crippen molar-refractivity contribution >= 4 is 60.7 Å². The van der Waals surface area contributed by atoms with E-state index in [1.807, 2.05) is 18.2 Å². The van der Waals surface area contributed by atoms with Crippen molar-refractivity contribution in [2.24, 2.45) is 5.41 Å². The van der Waals surface area contributed by atoms with E-state index in [0.717, 1.165) is 66.5 Å². The molecule has 0 saturated heterocycles. The highest BCUT2D eigenvalue weighted by Crippen LogP contribution is 2.46. The third-order valence-corrected chi connectivity index (χ3v) is 12.2. The summed E-state index contributed by atoms with van der Waals surface area (Å²) in [6.45, 7) is 33.5. The van der Waals surface area contributed by atoms with Crippen LogP contribution in [0.3, 0.4) is 0 Å². The summed E-state index contributed by atoms with van der Waals surface area (Å²) in [5, 5.41) is 16.8. The van der Waals surface area contributed by atoms with Crippen LogP contribution in [-0.4, -0.2) is 9.13 Å². The largest absolute Gasteiger partial charge is 0.454 e. The summed E-state index contributed by atoms with van der Waals surface area (Å²) in [7, 11) is 0. The molecule has 0 spiro atoms. The zero-order valence-electron chi connectivity index (χ0n) is 36.7. The molecule has 4 heteroatoms. The van der Waals surface area contributed by atoms with Crippen molar-refractivity contribution in [2.75, 3.05) is 0 Å². The predicted octanol–water partition coefficient (Wildman–Crippen LogP) is 15.3. The minimum absolute atomic E-state index is 0.0215. The van der Waals surface area contributed by atoms with Crippen LogP contribution in [0.5, 0.6) is 0 Å². The van der Waals surface area contributed by atoms with E-state index in [0.29, 0.717) is 11.1 Å². The number of rotatable bonds is 4. The van der Waals surface area contributed by atoms with Crippen molar-refractivity contribution in [3.05, 3.63) is 137 Å². The minimum atomic E-state index is -0.112. The van der Waals surface area contributed by atoms with Gasteiger partial charge in [0, 0.05) is 32.8 Å². The first-order chi connectivity index (χ1) is 27.1. The van der Waals surface area contributed by atoms with E-state index in [2.05, 4.69) is 191 Å². The van der Waals surface area contributed by atoms with Crippen LogP contribution in [0, 0.1) is 23.7 Å². The molecule has 0 atom stereocenters. The maximum atomic E-state index is 11.3. The average Bonchev–Trinajstić information content (AvgIpc) is 3.78. The summed E-state index contributed by atoms with van der Waals surface area (Å²) < 4.78 is 11.6. The van der Waals surface area contributed by atoms with Crippen molar-refractivity contribution in [1.82, 2.24) is 9.13 Å². The molecule has 0 radical (unpaired) electrons. The number of benzene rings is 5. The van der Waals surface area contributed by atoms with E-state index in [4.69, 9.17) is 4.42 Å². The fraction of sp³-hybridized carbons (Fsp3) is 0.315. The van der Waals surface area contributed by atoms with Gasteiger partial charge in [0.05, 0.1) is 33.2 Å². The second-order valence-electron chi connectivity index (χ2n) is 20.4. The Morgan fingerprint density at radius 2 is 1.14 bits per heavy atom. The van der Waals surface area contributed by atoms with Crippen LogP contribution in [0.15, 0.2) is 108 Å². The summed E-state index contributed by atoms with van der Waals surface area (Å²) in [5.74, 6) is 0. The Hall–Kier alpha value is -5.79. The quantitative estimate of drug-likeness (QED) is 0.168. The fourth-order valence-corrected chi connectivity index (χ4v) is 8.68. The second kappa shape index (κ2) is 13.1. The maximum absolute atomic E-state index is 11.3. The van der Waals surface area contributed by atoms with Gasteiger partial charge >= 0.3 is 0 Å². The summed E-state index contributed by atoms with van der Waals surface area (Å²) in [6, 6.07) is 33.6. The number of nitriles is 1. The number of fused-ring (bicyclic) bond motifs is 7. The van der Waals surface area contributed by atoms with Crippen LogP contribution in [0.4, 0.5) is 0 Å². The third-order valence-electron chi connectivity index (χ3n) is 12.2. The van der Waals surface area contributed by atoms with Crippen LogP contribution >= 0.6 is 0 Å². The molecule has 8 rings (SSSR count). The van der Waals surface area contributed by atoms with Crippen molar-refractivity contribution in [2.45, 2.75) is 106 Å². The lowest BCUT2D eigenvalue weighted by molar-refractivity contribution is 0.521. The van der Waals surface area contributed by atoms with Crippen LogP contribution in [0.25, 0.3) is 72.1 Å². The molecule has 294 valence electrons. The first-order valence-electron chi connectivity index (χ1n) is 20.6. The zero-order chi connectivity index (χ0) is 41.9. The monoisotopic (exact) mass is 763 g/mol. The zero-order valence-corrected chi connectivity index (χ0v) is 36.7. The first kappa shape index (κ1) is 39.1.